The molecule has 1 atom stereocenters. The number of carbonyl (C=O) groups is 2. The summed E-state index contributed by atoms with van der Waals surface area (Å²) in [6.07, 6.45) is 5.84. The number of carbonyl (C=O) groups excluding carboxylic acids is 1. The summed E-state index contributed by atoms with van der Waals surface area (Å²) in [5.74, 6) is 1.55. The highest BCUT2D eigenvalue weighted by Gasteiger charge is 2.27. The Labute approximate surface area is 109 Å². The SMILES string of the molecule is C#CC(CC)NC(=O)N(CCC(=O)O)C(C)(C)C. The highest BCUT2D eigenvalue weighted by atomic mass is 16.4. The van der Waals surface area contributed by atoms with Gasteiger partial charge >= 0.3 is 12.0 Å². The number of amides is 2. The van der Waals surface area contributed by atoms with Crippen molar-refractivity contribution in [3.05, 3.63) is 0 Å². The van der Waals surface area contributed by atoms with Gasteiger partial charge in [-0.25, -0.2) is 4.79 Å². The molecular weight excluding hydrogens is 232 g/mol. The van der Waals surface area contributed by atoms with E-state index in [1.807, 2.05) is 27.7 Å². The molecule has 102 valence electrons. The lowest BCUT2D eigenvalue weighted by atomic mass is 10.1. The first kappa shape index (κ1) is 16.3. The maximum absolute atomic E-state index is 12.1. The Bertz CT molecular complexity index is 339. The van der Waals surface area contributed by atoms with Gasteiger partial charge < -0.3 is 15.3 Å². The highest BCUT2D eigenvalue weighted by Crippen LogP contribution is 2.14. The summed E-state index contributed by atoms with van der Waals surface area (Å²) in [6, 6.07) is -0.652. The van der Waals surface area contributed by atoms with Crippen molar-refractivity contribution in [2.45, 2.75) is 52.1 Å². The molecule has 0 aromatic carbocycles. The van der Waals surface area contributed by atoms with Crippen molar-refractivity contribution in [2.75, 3.05) is 6.54 Å². The molecule has 0 aliphatic carbocycles. The molecule has 5 nitrogen and oxygen atoms in total. The Hall–Kier alpha value is -1.70. The van der Waals surface area contributed by atoms with E-state index < -0.39 is 11.5 Å². The summed E-state index contributed by atoms with van der Waals surface area (Å²) < 4.78 is 0. The van der Waals surface area contributed by atoms with Crippen LogP contribution in [-0.2, 0) is 4.79 Å². The minimum atomic E-state index is -0.930. The van der Waals surface area contributed by atoms with Crippen LogP contribution in [0.25, 0.3) is 0 Å². The molecule has 0 saturated carbocycles. The summed E-state index contributed by atoms with van der Waals surface area (Å²) in [4.78, 5) is 24.1. The smallest absolute Gasteiger partial charge is 0.318 e. The zero-order chi connectivity index (χ0) is 14.3. The van der Waals surface area contributed by atoms with Crippen LogP contribution in [0.1, 0.15) is 40.5 Å². The predicted molar refractivity (Wildman–Crippen MR) is 70.2 cm³/mol. The number of hydrogen-bond donors (Lipinski definition) is 2. The van der Waals surface area contributed by atoms with E-state index in [4.69, 9.17) is 11.5 Å². The molecule has 0 aromatic rings. The lowest BCUT2D eigenvalue weighted by molar-refractivity contribution is -0.137. The standard InChI is InChI=1S/C13H22N2O3/c1-6-10(7-2)14-12(18)15(13(3,4)5)9-8-11(16)17/h1,10H,7-9H2,2-5H3,(H,14,18)(H,16,17). The van der Waals surface area contributed by atoms with Gasteiger partial charge in [-0.05, 0) is 27.2 Å². The second-order valence-electron chi connectivity index (χ2n) is 5.04. The lowest BCUT2D eigenvalue weighted by Gasteiger charge is -2.36. The number of terminal acetylenes is 1. The van der Waals surface area contributed by atoms with Crippen LogP contribution < -0.4 is 5.32 Å². The van der Waals surface area contributed by atoms with Crippen molar-refractivity contribution in [3.63, 3.8) is 0 Å². The van der Waals surface area contributed by atoms with Gasteiger partial charge in [0.05, 0.1) is 12.5 Å². The number of rotatable bonds is 5. The first-order valence-electron chi connectivity index (χ1n) is 5.98. The Morgan fingerprint density at radius 2 is 2.00 bits per heavy atom. The number of hydrogen-bond acceptors (Lipinski definition) is 2. The fraction of sp³-hybridized carbons (Fsp3) is 0.692. The van der Waals surface area contributed by atoms with E-state index in [0.717, 1.165) is 0 Å². The third-order valence-electron chi connectivity index (χ3n) is 2.51. The fourth-order valence-corrected chi connectivity index (χ4v) is 1.44. The topological polar surface area (TPSA) is 69.6 Å². The highest BCUT2D eigenvalue weighted by molar-refractivity contribution is 5.76. The average Bonchev–Trinajstić information content (AvgIpc) is 2.23. The Morgan fingerprint density at radius 1 is 1.44 bits per heavy atom. The van der Waals surface area contributed by atoms with Crippen LogP contribution in [0.3, 0.4) is 0 Å². The largest absolute Gasteiger partial charge is 0.481 e. The normalized spacial score (nSPS) is 12.4. The maximum atomic E-state index is 12.1. The van der Waals surface area contributed by atoms with Gasteiger partial charge in [0.15, 0.2) is 0 Å². The van der Waals surface area contributed by atoms with Crippen molar-refractivity contribution in [1.82, 2.24) is 10.2 Å². The minimum absolute atomic E-state index is 0.0858. The van der Waals surface area contributed by atoms with Crippen molar-refractivity contribution in [2.24, 2.45) is 0 Å². The van der Waals surface area contributed by atoms with Crippen LogP contribution in [0, 0.1) is 12.3 Å². The maximum Gasteiger partial charge on any atom is 0.318 e. The van der Waals surface area contributed by atoms with Crippen molar-refractivity contribution < 1.29 is 14.7 Å². The molecule has 2 amide bonds. The molecule has 5 heteroatoms. The average molecular weight is 254 g/mol. The number of carboxylic acid groups (broad SMARTS) is 1. The van der Waals surface area contributed by atoms with Crippen molar-refractivity contribution >= 4 is 12.0 Å². The van der Waals surface area contributed by atoms with Crippen LogP contribution in [-0.4, -0.2) is 40.1 Å². The molecule has 0 spiro atoms. The van der Waals surface area contributed by atoms with Gasteiger partial charge in [0.25, 0.3) is 0 Å². The van der Waals surface area contributed by atoms with Gasteiger partial charge in [-0.3, -0.25) is 4.79 Å². The van der Waals surface area contributed by atoms with E-state index in [0.29, 0.717) is 6.42 Å². The van der Waals surface area contributed by atoms with E-state index in [1.54, 1.807) is 0 Å². The van der Waals surface area contributed by atoms with Gasteiger partial charge in [-0.15, -0.1) is 6.42 Å². The molecule has 0 fully saturated rings. The molecular formula is C13H22N2O3. The van der Waals surface area contributed by atoms with Crippen molar-refractivity contribution in [3.8, 4) is 12.3 Å². The zero-order valence-corrected chi connectivity index (χ0v) is 11.5. The Kier molecular flexibility index (Phi) is 6.24. The fourth-order valence-electron chi connectivity index (χ4n) is 1.44. The van der Waals surface area contributed by atoms with E-state index in [-0.39, 0.29) is 25.0 Å². The lowest BCUT2D eigenvalue weighted by Crippen LogP contribution is -2.53. The minimum Gasteiger partial charge on any atom is -0.481 e. The molecule has 1 unspecified atom stereocenters. The molecule has 18 heavy (non-hydrogen) atoms. The first-order valence-corrected chi connectivity index (χ1v) is 5.98. The Balaban J connectivity index is 4.71. The number of carboxylic acids is 1. The number of nitrogens with zero attached hydrogens (tertiary/aromatic N) is 1. The summed E-state index contributed by atoms with van der Waals surface area (Å²) in [7, 11) is 0. The van der Waals surface area contributed by atoms with E-state index in [9.17, 15) is 9.59 Å². The first-order chi connectivity index (χ1) is 8.22. The number of nitrogens with one attached hydrogen (secondary N) is 1. The number of urea groups is 1. The summed E-state index contributed by atoms with van der Waals surface area (Å²) in [5, 5.41) is 11.4. The molecule has 2 N–H and O–H groups in total. The summed E-state index contributed by atoms with van der Waals surface area (Å²) in [5.41, 5.74) is -0.452. The van der Waals surface area contributed by atoms with Crippen LogP contribution in [0.4, 0.5) is 4.79 Å². The van der Waals surface area contributed by atoms with Gasteiger partial charge in [0, 0.05) is 12.1 Å². The van der Waals surface area contributed by atoms with Gasteiger partial charge in [-0.2, -0.15) is 0 Å². The van der Waals surface area contributed by atoms with Crippen molar-refractivity contribution in [1.29, 1.82) is 0 Å². The summed E-state index contributed by atoms with van der Waals surface area (Å²) >= 11 is 0. The van der Waals surface area contributed by atoms with Crippen LogP contribution in [0.2, 0.25) is 0 Å². The van der Waals surface area contributed by atoms with Gasteiger partial charge in [-0.1, -0.05) is 12.8 Å². The van der Waals surface area contributed by atoms with Crippen LogP contribution >= 0.6 is 0 Å². The Morgan fingerprint density at radius 3 is 2.33 bits per heavy atom. The second kappa shape index (κ2) is 6.90. The summed E-state index contributed by atoms with van der Waals surface area (Å²) in [6.45, 7) is 7.59. The van der Waals surface area contributed by atoms with Crippen LogP contribution in [0.5, 0.6) is 0 Å². The number of aliphatic carboxylic acids is 1. The molecule has 0 bridgehead atoms. The third-order valence-corrected chi connectivity index (χ3v) is 2.51. The van der Waals surface area contributed by atoms with Gasteiger partial charge in [0.2, 0.25) is 0 Å². The molecule has 0 heterocycles. The monoisotopic (exact) mass is 254 g/mol. The van der Waals surface area contributed by atoms with Gasteiger partial charge in [0.1, 0.15) is 0 Å². The third kappa shape index (κ3) is 5.58. The molecule has 0 rings (SSSR count). The molecule has 0 aromatic heterocycles. The molecule has 0 aliphatic heterocycles. The molecule has 0 aliphatic rings. The van der Waals surface area contributed by atoms with E-state index in [1.165, 1.54) is 4.90 Å². The molecule has 0 saturated heterocycles. The predicted octanol–water partition coefficient (Wildman–Crippen LogP) is 1.68. The zero-order valence-electron chi connectivity index (χ0n) is 11.5. The van der Waals surface area contributed by atoms with Crippen LogP contribution in [0.15, 0.2) is 0 Å². The quantitative estimate of drug-likeness (QED) is 0.733. The van der Waals surface area contributed by atoms with E-state index in [2.05, 4.69) is 11.2 Å². The second-order valence-corrected chi connectivity index (χ2v) is 5.04. The molecule has 0 radical (unpaired) electrons. The van der Waals surface area contributed by atoms with E-state index >= 15 is 0 Å².